The van der Waals surface area contributed by atoms with Crippen LogP contribution in [0.4, 0.5) is 5.69 Å². The van der Waals surface area contributed by atoms with Crippen molar-refractivity contribution in [2.75, 3.05) is 11.9 Å². The average molecular weight is 190 g/mol. The lowest BCUT2D eigenvalue weighted by atomic mass is 10.00. The Bertz CT molecular complexity index is 360. The molecule has 0 saturated heterocycles. The maximum Gasteiger partial charge on any atom is 0.221 e. The van der Waals surface area contributed by atoms with Crippen molar-refractivity contribution in [2.24, 2.45) is 5.73 Å². The van der Waals surface area contributed by atoms with Crippen molar-refractivity contribution in [3.63, 3.8) is 0 Å². The summed E-state index contributed by atoms with van der Waals surface area (Å²) in [5.74, 6) is -0.277. The maximum atomic E-state index is 10.7. The molecule has 0 aromatic heterocycles. The molecular formula is C11H14N2O. The Morgan fingerprint density at radius 3 is 3.14 bits per heavy atom. The van der Waals surface area contributed by atoms with Crippen molar-refractivity contribution in [2.45, 2.75) is 19.3 Å². The van der Waals surface area contributed by atoms with E-state index >= 15 is 0 Å². The average Bonchev–Trinajstić information content (AvgIpc) is 2.17. The van der Waals surface area contributed by atoms with E-state index in [-0.39, 0.29) is 5.91 Å². The highest BCUT2D eigenvalue weighted by Crippen LogP contribution is 2.23. The van der Waals surface area contributed by atoms with Crippen LogP contribution in [0.3, 0.4) is 0 Å². The largest absolute Gasteiger partial charge is 0.385 e. The van der Waals surface area contributed by atoms with E-state index in [0.717, 1.165) is 24.2 Å². The van der Waals surface area contributed by atoms with Crippen LogP contribution in [0.2, 0.25) is 0 Å². The molecule has 1 amide bonds. The van der Waals surface area contributed by atoms with Crippen molar-refractivity contribution in [1.82, 2.24) is 0 Å². The van der Waals surface area contributed by atoms with Crippen LogP contribution in [0.25, 0.3) is 0 Å². The summed E-state index contributed by atoms with van der Waals surface area (Å²) in [6.45, 7) is 1.02. The molecule has 1 aliphatic rings. The van der Waals surface area contributed by atoms with Gasteiger partial charge in [-0.25, -0.2) is 0 Å². The predicted molar refractivity (Wildman–Crippen MR) is 56.2 cm³/mol. The van der Waals surface area contributed by atoms with Crippen LogP contribution < -0.4 is 11.1 Å². The van der Waals surface area contributed by atoms with Gasteiger partial charge in [-0.2, -0.15) is 0 Å². The summed E-state index contributed by atoms with van der Waals surface area (Å²) in [4.78, 5) is 10.7. The molecule has 0 spiro atoms. The summed E-state index contributed by atoms with van der Waals surface area (Å²) in [6.07, 6.45) is 2.64. The molecule has 0 bridgehead atoms. The number of rotatable bonds is 2. The highest BCUT2D eigenvalue weighted by molar-refractivity contribution is 5.77. The van der Waals surface area contributed by atoms with Crippen LogP contribution in [0.15, 0.2) is 18.2 Å². The van der Waals surface area contributed by atoms with Gasteiger partial charge >= 0.3 is 0 Å². The maximum absolute atomic E-state index is 10.7. The van der Waals surface area contributed by atoms with Crippen LogP contribution in [0.5, 0.6) is 0 Å². The molecule has 0 aliphatic carbocycles. The smallest absolute Gasteiger partial charge is 0.221 e. The Morgan fingerprint density at radius 1 is 1.50 bits per heavy atom. The van der Waals surface area contributed by atoms with Gasteiger partial charge in [-0.1, -0.05) is 12.1 Å². The molecule has 1 aromatic rings. The lowest BCUT2D eigenvalue weighted by Crippen LogP contribution is -2.15. The standard InChI is InChI=1S/C11H14N2O/c12-11(14)7-8-3-4-9-2-1-5-13-10(9)6-8/h3-4,6,13H,1-2,5,7H2,(H2,12,14). The zero-order chi connectivity index (χ0) is 9.97. The summed E-state index contributed by atoms with van der Waals surface area (Å²) in [5, 5.41) is 3.32. The molecule has 0 radical (unpaired) electrons. The molecule has 3 nitrogen and oxygen atoms in total. The topological polar surface area (TPSA) is 55.1 Å². The molecule has 3 N–H and O–H groups in total. The van der Waals surface area contributed by atoms with Crippen molar-refractivity contribution < 1.29 is 4.79 Å². The summed E-state index contributed by atoms with van der Waals surface area (Å²) < 4.78 is 0. The van der Waals surface area contributed by atoms with E-state index in [1.165, 1.54) is 12.0 Å². The molecule has 0 atom stereocenters. The second-order valence-electron chi connectivity index (χ2n) is 3.66. The normalized spacial score (nSPS) is 14.3. The molecule has 0 saturated carbocycles. The van der Waals surface area contributed by atoms with Gasteiger partial charge in [0.2, 0.25) is 5.91 Å². The fourth-order valence-electron chi connectivity index (χ4n) is 1.82. The minimum atomic E-state index is -0.277. The molecule has 2 rings (SSSR count). The molecule has 0 unspecified atom stereocenters. The van der Waals surface area contributed by atoms with E-state index in [0.29, 0.717) is 6.42 Å². The van der Waals surface area contributed by atoms with E-state index in [1.807, 2.05) is 12.1 Å². The van der Waals surface area contributed by atoms with Crippen molar-refractivity contribution in [3.8, 4) is 0 Å². The van der Waals surface area contributed by atoms with Crippen LogP contribution in [-0.2, 0) is 17.6 Å². The Balaban J connectivity index is 2.24. The molecule has 3 heteroatoms. The van der Waals surface area contributed by atoms with E-state index in [9.17, 15) is 4.79 Å². The lowest BCUT2D eigenvalue weighted by Gasteiger charge is -2.18. The second kappa shape index (κ2) is 3.70. The number of aryl methyl sites for hydroxylation is 1. The Morgan fingerprint density at radius 2 is 2.36 bits per heavy atom. The van der Waals surface area contributed by atoms with Gasteiger partial charge in [-0.05, 0) is 30.0 Å². The summed E-state index contributed by atoms with van der Waals surface area (Å²) in [6, 6.07) is 6.09. The van der Waals surface area contributed by atoms with Gasteiger partial charge < -0.3 is 11.1 Å². The van der Waals surface area contributed by atoms with E-state index in [1.54, 1.807) is 0 Å². The first kappa shape index (κ1) is 9.06. The monoisotopic (exact) mass is 190 g/mol. The number of anilines is 1. The number of hydrogen-bond acceptors (Lipinski definition) is 2. The van der Waals surface area contributed by atoms with Gasteiger partial charge in [0.25, 0.3) is 0 Å². The third-order valence-corrected chi connectivity index (χ3v) is 2.49. The molecular weight excluding hydrogens is 176 g/mol. The van der Waals surface area contributed by atoms with Gasteiger partial charge in [-0.3, -0.25) is 4.79 Å². The van der Waals surface area contributed by atoms with Crippen LogP contribution in [-0.4, -0.2) is 12.5 Å². The quantitative estimate of drug-likeness (QED) is 0.733. The first-order chi connectivity index (χ1) is 6.75. The van der Waals surface area contributed by atoms with Gasteiger partial charge in [0, 0.05) is 12.2 Å². The highest BCUT2D eigenvalue weighted by Gasteiger charge is 2.09. The number of hydrogen-bond donors (Lipinski definition) is 2. The first-order valence-corrected chi connectivity index (χ1v) is 4.90. The summed E-state index contributed by atoms with van der Waals surface area (Å²) in [7, 11) is 0. The van der Waals surface area contributed by atoms with Crippen LogP contribution in [0, 0.1) is 0 Å². The zero-order valence-corrected chi connectivity index (χ0v) is 8.05. The van der Waals surface area contributed by atoms with E-state index in [2.05, 4.69) is 11.4 Å². The Labute approximate surface area is 83.3 Å². The minimum Gasteiger partial charge on any atom is -0.385 e. The van der Waals surface area contributed by atoms with Gasteiger partial charge in [0.1, 0.15) is 0 Å². The lowest BCUT2D eigenvalue weighted by molar-refractivity contribution is -0.117. The number of amides is 1. The van der Waals surface area contributed by atoms with Gasteiger partial charge in [-0.15, -0.1) is 0 Å². The predicted octanol–water partition coefficient (Wildman–Crippen LogP) is 1.07. The van der Waals surface area contributed by atoms with Crippen molar-refractivity contribution in [1.29, 1.82) is 0 Å². The van der Waals surface area contributed by atoms with Gasteiger partial charge in [0.05, 0.1) is 6.42 Å². The molecule has 14 heavy (non-hydrogen) atoms. The Hall–Kier alpha value is -1.51. The SMILES string of the molecule is NC(=O)Cc1ccc2c(c1)NCCC2. The molecule has 1 aliphatic heterocycles. The minimum absolute atomic E-state index is 0.277. The van der Waals surface area contributed by atoms with Crippen molar-refractivity contribution >= 4 is 11.6 Å². The second-order valence-corrected chi connectivity index (χ2v) is 3.66. The number of primary amides is 1. The van der Waals surface area contributed by atoms with E-state index in [4.69, 9.17) is 5.73 Å². The van der Waals surface area contributed by atoms with Crippen LogP contribution >= 0.6 is 0 Å². The Kier molecular flexibility index (Phi) is 2.39. The third kappa shape index (κ3) is 1.87. The third-order valence-electron chi connectivity index (χ3n) is 2.49. The molecule has 1 heterocycles. The highest BCUT2D eigenvalue weighted by atomic mass is 16.1. The number of benzene rings is 1. The van der Waals surface area contributed by atoms with Gasteiger partial charge in [0.15, 0.2) is 0 Å². The molecule has 0 fully saturated rings. The molecule has 74 valence electrons. The molecule has 1 aromatic carbocycles. The fraction of sp³-hybridized carbons (Fsp3) is 0.364. The first-order valence-electron chi connectivity index (χ1n) is 4.90. The number of nitrogens with one attached hydrogen (secondary N) is 1. The van der Waals surface area contributed by atoms with E-state index < -0.39 is 0 Å². The number of nitrogens with two attached hydrogens (primary N) is 1. The number of carbonyl (C=O) groups is 1. The summed E-state index contributed by atoms with van der Waals surface area (Å²) in [5.41, 5.74) is 8.63. The number of carbonyl (C=O) groups excluding carboxylic acids is 1. The van der Waals surface area contributed by atoms with Crippen molar-refractivity contribution in [3.05, 3.63) is 29.3 Å². The summed E-state index contributed by atoms with van der Waals surface area (Å²) >= 11 is 0. The zero-order valence-electron chi connectivity index (χ0n) is 8.05. The number of fused-ring (bicyclic) bond motifs is 1. The van der Waals surface area contributed by atoms with Crippen LogP contribution in [0.1, 0.15) is 17.5 Å². The fourth-order valence-corrected chi connectivity index (χ4v) is 1.82.